The number of ether oxygens (including phenoxy) is 1. The van der Waals surface area contributed by atoms with E-state index in [1.54, 1.807) is 6.08 Å². The lowest BCUT2D eigenvalue weighted by atomic mass is 10.2. The van der Waals surface area contributed by atoms with Crippen molar-refractivity contribution < 1.29 is 9.53 Å². The summed E-state index contributed by atoms with van der Waals surface area (Å²) >= 11 is 0. The fourth-order valence-corrected chi connectivity index (χ4v) is 2.16. The molecule has 0 radical (unpaired) electrons. The molecule has 0 aliphatic carbocycles. The van der Waals surface area contributed by atoms with Crippen molar-refractivity contribution in [3.8, 4) is 0 Å². The summed E-state index contributed by atoms with van der Waals surface area (Å²) in [7, 11) is 1.38. The molecule has 0 saturated heterocycles. The van der Waals surface area contributed by atoms with Crippen LogP contribution in [0.1, 0.15) is 23.9 Å². The average Bonchev–Trinajstić information content (AvgIpc) is 2.87. The van der Waals surface area contributed by atoms with Crippen LogP contribution in [0.25, 0.3) is 6.08 Å². The second-order valence-corrected chi connectivity index (χ2v) is 4.53. The Morgan fingerprint density at radius 1 is 1.20 bits per heavy atom. The molecule has 3 nitrogen and oxygen atoms in total. The molecule has 3 heteroatoms. The predicted molar refractivity (Wildman–Crippen MR) is 80.4 cm³/mol. The van der Waals surface area contributed by atoms with Gasteiger partial charge in [0.15, 0.2) is 0 Å². The summed E-state index contributed by atoms with van der Waals surface area (Å²) in [6, 6.07) is 14.4. The van der Waals surface area contributed by atoms with Gasteiger partial charge in [-0.3, -0.25) is 0 Å². The molecule has 2 rings (SSSR count). The van der Waals surface area contributed by atoms with Gasteiger partial charge in [-0.05, 0) is 30.2 Å². The summed E-state index contributed by atoms with van der Waals surface area (Å²) in [5.41, 5.74) is 3.50. The van der Waals surface area contributed by atoms with Crippen LogP contribution in [0.15, 0.2) is 48.5 Å². The van der Waals surface area contributed by atoms with Gasteiger partial charge >= 0.3 is 5.97 Å². The number of carbonyl (C=O) groups is 1. The van der Waals surface area contributed by atoms with Crippen LogP contribution >= 0.6 is 0 Å². The van der Waals surface area contributed by atoms with Gasteiger partial charge in [0.2, 0.25) is 0 Å². The quantitative estimate of drug-likeness (QED) is 0.616. The molecule has 0 N–H and O–H groups in total. The van der Waals surface area contributed by atoms with Gasteiger partial charge in [-0.15, -0.1) is 0 Å². The van der Waals surface area contributed by atoms with Crippen LogP contribution in [0.4, 0.5) is 0 Å². The highest BCUT2D eigenvalue weighted by Crippen LogP contribution is 2.15. The molecular formula is C17H19NO2. The van der Waals surface area contributed by atoms with Gasteiger partial charge in [0.25, 0.3) is 0 Å². The number of methoxy groups -OCH3 is 1. The van der Waals surface area contributed by atoms with Crippen molar-refractivity contribution in [2.24, 2.45) is 0 Å². The summed E-state index contributed by atoms with van der Waals surface area (Å²) in [4.78, 5) is 11.2. The molecule has 0 amide bonds. The second kappa shape index (κ2) is 6.75. The number of hydrogen-bond donors (Lipinski definition) is 0. The third kappa shape index (κ3) is 3.38. The van der Waals surface area contributed by atoms with Gasteiger partial charge < -0.3 is 9.30 Å². The predicted octanol–water partition coefficient (Wildman–Crippen LogP) is 3.29. The van der Waals surface area contributed by atoms with E-state index in [-0.39, 0.29) is 5.97 Å². The highest BCUT2D eigenvalue weighted by molar-refractivity contribution is 5.86. The van der Waals surface area contributed by atoms with Crippen molar-refractivity contribution in [1.82, 2.24) is 4.57 Å². The van der Waals surface area contributed by atoms with Crippen LogP contribution in [0.2, 0.25) is 0 Å². The lowest BCUT2D eigenvalue weighted by Gasteiger charge is -2.11. The van der Waals surface area contributed by atoms with Gasteiger partial charge in [-0.1, -0.05) is 37.3 Å². The van der Waals surface area contributed by atoms with Gasteiger partial charge in [0.1, 0.15) is 0 Å². The molecule has 1 heterocycles. The Kier molecular flexibility index (Phi) is 4.77. The number of rotatable bonds is 5. The SMILES string of the molecule is CCc1ccc(/C=C/C(=O)OC)n1Cc1ccccc1. The maximum atomic E-state index is 11.2. The van der Waals surface area contributed by atoms with Gasteiger partial charge in [-0.2, -0.15) is 0 Å². The molecule has 0 unspecified atom stereocenters. The summed E-state index contributed by atoms with van der Waals surface area (Å²) in [6.45, 7) is 2.93. The highest BCUT2D eigenvalue weighted by atomic mass is 16.5. The molecule has 0 aliphatic rings. The van der Waals surface area contributed by atoms with E-state index >= 15 is 0 Å². The van der Waals surface area contributed by atoms with Crippen LogP contribution < -0.4 is 0 Å². The Morgan fingerprint density at radius 2 is 1.95 bits per heavy atom. The zero-order chi connectivity index (χ0) is 14.4. The van der Waals surface area contributed by atoms with Crippen molar-refractivity contribution >= 4 is 12.0 Å². The summed E-state index contributed by atoms with van der Waals surface area (Å²) in [5, 5.41) is 0. The van der Waals surface area contributed by atoms with Crippen LogP contribution in [-0.4, -0.2) is 17.6 Å². The van der Waals surface area contributed by atoms with Crippen molar-refractivity contribution in [3.63, 3.8) is 0 Å². The van der Waals surface area contributed by atoms with Crippen LogP contribution in [-0.2, 0) is 22.5 Å². The molecule has 0 bridgehead atoms. The lowest BCUT2D eigenvalue weighted by Crippen LogP contribution is -2.05. The minimum atomic E-state index is -0.337. The first-order chi connectivity index (χ1) is 9.74. The Bertz CT molecular complexity index is 597. The number of benzene rings is 1. The topological polar surface area (TPSA) is 31.2 Å². The van der Waals surface area contributed by atoms with E-state index < -0.39 is 0 Å². The maximum Gasteiger partial charge on any atom is 0.330 e. The molecule has 0 saturated carbocycles. The second-order valence-electron chi connectivity index (χ2n) is 4.53. The molecular weight excluding hydrogens is 250 g/mol. The molecule has 0 spiro atoms. The van der Waals surface area contributed by atoms with Crippen LogP contribution in [0.3, 0.4) is 0 Å². The van der Waals surface area contributed by atoms with Crippen molar-refractivity contribution in [1.29, 1.82) is 0 Å². The summed E-state index contributed by atoms with van der Waals surface area (Å²) in [5.74, 6) is -0.337. The van der Waals surface area contributed by atoms with E-state index in [9.17, 15) is 4.79 Å². The molecule has 104 valence electrons. The average molecular weight is 269 g/mol. The number of nitrogens with zero attached hydrogens (tertiary/aromatic N) is 1. The number of esters is 1. The smallest absolute Gasteiger partial charge is 0.330 e. The lowest BCUT2D eigenvalue weighted by molar-refractivity contribution is -0.134. The molecule has 1 aromatic heterocycles. The fraction of sp³-hybridized carbons (Fsp3) is 0.235. The zero-order valence-corrected chi connectivity index (χ0v) is 11.9. The molecule has 0 fully saturated rings. The normalized spacial score (nSPS) is 10.9. The van der Waals surface area contributed by atoms with Crippen molar-refractivity contribution in [2.75, 3.05) is 7.11 Å². The number of carbonyl (C=O) groups excluding carboxylic acids is 1. The number of hydrogen-bond acceptors (Lipinski definition) is 2. The standard InChI is InChI=1S/C17H19NO2/c1-3-15-9-10-16(11-12-17(19)20-2)18(15)13-14-7-5-4-6-8-14/h4-12H,3,13H2,1-2H3/b12-11+. The Labute approximate surface area is 119 Å². The Balaban J connectivity index is 2.28. The van der Waals surface area contributed by atoms with Crippen molar-refractivity contribution in [2.45, 2.75) is 19.9 Å². The van der Waals surface area contributed by atoms with E-state index in [2.05, 4.69) is 34.4 Å². The molecule has 1 aromatic carbocycles. The largest absolute Gasteiger partial charge is 0.466 e. The third-order valence-electron chi connectivity index (χ3n) is 3.24. The van der Waals surface area contributed by atoms with Crippen LogP contribution in [0.5, 0.6) is 0 Å². The zero-order valence-electron chi connectivity index (χ0n) is 11.9. The minimum Gasteiger partial charge on any atom is -0.466 e. The van der Waals surface area contributed by atoms with Gasteiger partial charge in [-0.25, -0.2) is 4.79 Å². The first-order valence-electron chi connectivity index (χ1n) is 6.73. The van der Waals surface area contributed by atoms with Crippen molar-refractivity contribution in [3.05, 3.63) is 65.5 Å². The molecule has 2 aromatic rings. The van der Waals surface area contributed by atoms with E-state index in [1.165, 1.54) is 24.4 Å². The molecule has 0 atom stereocenters. The first kappa shape index (κ1) is 14.1. The first-order valence-corrected chi connectivity index (χ1v) is 6.73. The van der Waals surface area contributed by atoms with Gasteiger partial charge in [0, 0.05) is 24.0 Å². The minimum absolute atomic E-state index is 0.337. The number of aromatic nitrogens is 1. The van der Waals surface area contributed by atoms with Crippen LogP contribution in [0, 0.1) is 0 Å². The monoisotopic (exact) mass is 269 g/mol. The number of aryl methyl sites for hydroxylation is 1. The summed E-state index contributed by atoms with van der Waals surface area (Å²) in [6.07, 6.45) is 4.21. The van der Waals surface area contributed by atoms with E-state index in [4.69, 9.17) is 0 Å². The Hall–Kier alpha value is -2.29. The maximum absolute atomic E-state index is 11.2. The molecule has 0 aliphatic heterocycles. The summed E-state index contributed by atoms with van der Waals surface area (Å²) < 4.78 is 6.85. The third-order valence-corrected chi connectivity index (χ3v) is 3.24. The van der Waals surface area contributed by atoms with Gasteiger partial charge in [0.05, 0.1) is 7.11 Å². The van der Waals surface area contributed by atoms with E-state index in [0.717, 1.165) is 18.7 Å². The van der Waals surface area contributed by atoms with E-state index in [0.29, 0.717) is 0 Å². The molecule has 20 heavy (non-hydrogen) atoms. The highest BCUT2D eigenvalue weighted by Gasteiger charge is 2.06. The Morgan fingerprint density at radius 3 is 2.60 bits per heavy atom. The fourth-order valence-electron chi connectivity index (χ4n) is 2.16. The van der Waals surface area contributed by atoms with E-state index in [1.807, 2.05) is 24.3 Å².